The first-order valence-corrected chi connectivity index (χ1v) is 9.20. The number of nitrogens with one attached hydrogen (secondary N) is 1. The van der Waals surface area contributed by atoms with Crippen molar-refractivity contribution in [3.8, 4) is 11.5 Å². The lowest BCUT2D eigenvalue weighted by molar-refractivity contribution is -0.286. The fraction of sp³-hybridized carbons (Fsp3) is 0.278. The van der Waals surface area contributed by atoms with Gasteiger partial charge in [0.15, 0.2) is 11.5 Å². The molecule has 0 aliphatic carbocycles. The first kappa shape index (κ1) is 18.4. The summed E-state index contributed by atoms with van der Waals surface area (Å²) in [6, 6.07) is 3.97. The third-order valence-corrected chi connectivity index (χ3v) is 5.54. The maximum absolute atomic E-state index is 13.0. The minimum atomic E-state index is -3.71. The molecular weight excluding hydrogens is 392 g/mol. The SMILES string of the molecule is Cc1sc2ncn(CCC(=O)Nc3ccc4c(c3)OC(F)(F)O4)c(=O)c2c1C. The lowest BCUT2D eigenvalue weighted by Crippen LogP contribution is -2.25. The van der Waals surface area contributed by atoms with Crippen molar-refractivity contribution in [1.82, 2.24) is 9.55 Å². The average molecular weight is 407 g/mol. The van der Waals surface area contributed by atoms with Crippen LogP contribution in [0.3, 0.4) is 0 Å². The third-order valence-electron chi connectivity index (χ3n) is 4.42. The van der Waals surface area contributed by atoms with Crippen LogP contribution in [-0.2, 0) is 11.3 Å². The molecule has 3 aromatic rings. The van der Waals surface area contributed by atoms with Crippen molar-refractivity contribution in [2.75, 3.05) is 5.32 Å². The lowest BCUT2D eigenvalue weighted by atomic mass is 10.2. The van der Waals surface area contributed by atoms with Gasteiger partial charge < -0.3 is 14.8 Å². The minimum Gasteiger partial charge on any atom is -0.395 e. The molecule has 146 valence electrons. The van der Waals surface area contributed by atoms with Gasteiger partial charge in [-0.05, 0) is 31.5 Å². The second-order valence-electron chi connectivity index (χ2n) is 6.33. The third kappa shape index (κ3) is 3.31. The number of rotatable bonds is 4. The Morgan fingerprint density at radius 1 is 1.29 bits per heavy atom. The van der Waals surface area contributed by atoms with Crippen molar-refractivity contribution in [2.45, 2.75) is 33.1 Å². The number of thiophene rings is 1. The molecule has 0 atom stereocenters. The average Bonchev–Trinajstić information content (AvgIpc) is 3.08. The molecule has 3 heterocycles. The van der Waals surface area contributed by atoms with Crippen LogP contribution in [0.5, 0.6) is 11.5 Å². The lowest BCUT2D eigenvalue weighted by Gasteiger charge is -2.08. The van der Waals surface area contributed by atoms with Gasteiger partial charge in [0.25, 0.3) is 5.56 Å². The van der Waals surface area contributed by atoms with Crippen molar-refractivity contribution in [3.05, 3.63) is 45.3 Å². The van der Waals surface area contributed by atoms with Crippen molar-refractivity contribution < 1.29 is 23.0 Å². The van der Waals surface area contributed by atoms with Gasteiger partial charge in [-0.15, -0.1) is 20.1 Å². The Bertz CT molecular complexity index is 1160. The van der Waals surface area contributed by atoms with Crippen LogP contribution < -0.4 is 20.3 Å². The summed E-state index contributed by atoms with van der Waals surface area (Å²) in [4.78, 5) is 30.8. The van der Waals surface area contributed by atoms with E-state index in [4.69, 9.17) is 0 Å². The van der Waals surface area contributed by atoms with Crippen LogP contribution in [0.1, 0.15) is 16.9 Å². The molecule has 0 bridgehead atoms. The molecule has 1 N–H and O–H groups in total. The van der Waals surface area contributed by atoms with E-state index >= 15 is 0 Å². The summed E-state index contributed by atoms with van der Waals surface area (Å²) in [7, 11) is 0. The number of anilines is 1. The highest BCUT2D eigenvalue weighted by molar-refractivity contribution is 7.18. The summed E-state index contributed by atoms with van der Waals surface area (Å²) in [6.07, 6.45) is -2.27. The van der Waals surface area contributed by atoms with Gasteiger partial charge >= 0.3 is 6.29 Å². The van der Waals surface area contributed by atoms with Crippen LogP contribution in [0.4, 0.5) is 14.5 Å². The Kier molecular flexibility index (Phi) is 4.30. The molecule has 4 rings (SSSR count). The Balaban J connectivity index is 1.44. The molecule has 0 unspecified atom stereocenters. The molecule has 7 nitrogen and oxygen atoms in total. The Labute approximate surface area is 161 Å². The summed E-state index contributed by atoms with van der Waals surface area (Å²) in [5.41, 5.74) is 0.994. The Hall–Kier alpha value is -3.01. The van der Waals surface area contributed by atoms with Gasteiger partial charge in [-0.2, -0.15) is 0 Å². The van der Waals surface area contributed by atoms with Crippen LogP contribution in [0.2, 0.25) is 0 Å². The second-order valence-corrected chi connectivity index (χ2v) is 7.54. The van der Waals surface area contributed by atoms with E-state index in [0.717, 1.165) is 10.4 Å². The van der Waals surface area contributed by atoms with E-state index in [-0.39, 0.29) is 41.6 Å². The molecule has 1 aliphatic heterocycles. The fourth-order valence-electron chi connectivity index (χ4n) is 2.90. The first-order chi connectivity index (χ1) is 13.2. The summed E-state index contributed by atoms with van der Waals surface area (Å²) < 4.78 is 36.2. The quantitative estimate of drug-likeness (QED) is 0.717. The molecular formula is C18H15F2N3O4S. The van der Waals surface area contributed by atoms with Crippen LogP contribution in [0.25, 0.3) is 10.2 Å². The summed E-state index contributed by atoms with van der Waals surface area (Å²) in [6.45, 7) is 3.95. The molecule has 28 heavy (non-hydrogen) atoms. The van der Waals surface area contributed by atoms with Crippen molar-refractivity contribution in [3.63, 3.8) is 0 Å². The standard InChI is InChI=1S/C18H15F2N3O4S/c1-9-10(2)28-16-15(9)17(25)23(8-21-16)6-5-14(24)22-11-3-4-12-13(7-11)27-18(19,20)26-12/h3-4,7-8H,5-6H2,1-2H3,(H,22,24). The highest BCUT2D eigenvalue weighted by atomic mass is 32.1. The molecule has 0 spiro atoms. The number of carbonyl (C=O) groups is 1. The van der Waals surface area contributed by atoms with Crippen LogP contribution >= 0.6 is 11.3 Å². The molecule has 1 aliphatic rings. The van der Waals surface area contributed by atoms with E-state index in [1.807, 2.05) is 13.8 Å². The van der Waals surface area contributed by atoms with E-state index in [1.54, 1.807) is 0 Å². The zero-order chi connectivity index (χ0) is 20.1. The van der Waals surface area contributed by atoms with Gasteiger partial charge in [-0.3, -0.25) is 14.2 Å². The Morgan fingerprint density at radius 2 is 2.04 bits per heavy atom. The molecule has 1 amide bonds. The summed E-state index contributed by atoms with van der Waals surface area (Å²) in [5.74, 6) is -0.636. The zero-order valence-electron chi connectivity index (χ0n) is 14.9. The van der Waals surface area contributed by atoms with Crippen molar-refractivity contribution in [1.29, 1.82) is 0 Å². The number of aryl methyl sites for hydroxylation is 3. The number of ether oxygens (including phenoxy) is 2. The van der Waals surface area contributed by atoms with Gasteiger partial charge in [-0.1, -0.05) is 0 Å². The monoisotopic (exact) mass is 407 g/mol. The molecule has 0 saturated carbocycles. The van der Waals surface area contributed by atoms with E-state index < -0.39 is 6.29 Å². The largest absolute Gasteiger partial charge is 0.586 e. The number of halogens is 2. The molecule has 2 aromatic heterocycles. The number of hydrogen-bond acceptors (Lipinski definition) is 6. The fourth-order valence-corrected chi connectivity index (χ4v) is 3.89. The smallest absolute Gasteiger partial charge is 0.395 e. The predicted molar refractivity (Wildman–Crippen MR) is 99.2 cm³/mol. The van der Waals surface area contributed by atoms with Crippen LogP contribution in [0, 0.1) is 13.8 Å². The van der Waals surface area contributed by atoms with Crippen LogP contribution in [-0.4, -0.2) is 21.8 Å². The molecule has 0 radical (unpaired) electrons. The van der Waals surface area contributed by atoms with E-state index in [2.05, 4.69) is 19.8 Å². The number of hydrogen-bond donors (Lipinski definition) is 1. The maximum atomic E-state index is 13.0. The number of nitrogens with zero attached hydrogens (tertiary/aromatic N) is 2. The molecule has 0 fully saturated rings. The van der Waals surface area contributed by atoms with Crippen molar-refractivity contribution in [2.24, 2.45) is 0 Å². The minimum absolute atomic E-state index is 0.0138. The first-order valence-electron chi connectivity index (χ1n) is 8.38. The van der Waals surface area contributed by atoms with Gasteiger partial charge in [0.1, 0.15) is 4.83 Å². The topological polar surface area (TPSA) is 82.5 Å². The number of amides is 1. The van der Waals surface area contributed by atoms with Gasteiger partial charge in [0.05, 0.1) is 11.7 Å². The normalized spacial score (nSPS) is 14.4. The number of alkyl halides is 2. The Morgan fingerprint density at radius 3 is 2.82 bits per heavy atom. The molecule has 1 aromatic carbocycles. The predicted octanol–water partition coefficient (Wildman–Crippen LogP) is 3.43. The van der Waals surface area contributed by atoms with Crippen LogP contribution in [0.15, 0.2) is 29.3 Å². The molecule has 0 saturated heterocycles. The van der Waals surface area contributed by atoms with Gasteiger partial charge in [-0.25, -0.2) is 4.98 Å². The highest BCUT2D eigenvalue weighted by Crippen LogP contribution is 2.42. The summed E-state index contributed by atoms with van der Waals surface area (Å²) in [5, 5.41) is 3.16. The van der Waals surface area contributed by atoms with E-state index in [9.17, 15) is 18.4 Å². The number of carbonyl (C=O) groups excluding carboxylic acids is 1. The van der Waals surface area contributed by atoms with Gasteiger partial charge in [0, 0.05) is 29.6 Å². The maximum Gasteiger partial charge on any atom is 0.586 e. The number of fused-ring (bicyclic) bond motifs is 2. The van der Waals surface area contributed by atoms with E-state index in [1.165, 1.54) is 40.4 Å². The highest BCUT2D eigenvalue weighted by Gasteiger charge is 2.43. The zero-order valence-corrected chi connectivity index (χ0v) is 15.7. The van der Waals surface area contributed by atoms with Crippen molar-refractivity contribution >= 4 is 33.1 Å². The van der Waals surface area contributed by atoms with E-state index in [0.29, 0.717) is 10.2 Å². The summed E-state index contributed by atoms with van der Waals surface area (Å²) >= 11 is 1.46. The molecule has 10 heteroatoms. The number of benzene rings is 1. The van der Waals surface area contributed by atoms with Gasteiger partial charge in [0.2, 0.25) is 5.91 Å². The number of aromatic nitrogens is 2. The second kappa shape index (κ2) is 6.55.